The van der Waals surface area contributed by atoms with Crippen molar-refractivity contribution in [2.24, 2.45) is 0 Å². The molecule has 0 atom stereocenters. The molecule has 1 heterocycles. The average molecular weight is 472 g/mol. The molecule has 3 aromatic carbocycles. The van der Waals surface area contributed by atoms with Crippen molar-refractivity contribution in [1.82, 2.24) is 4.98 Å². The van der Waals surface area contributed by atoms with Gasteiger partial charge in [0.2, 0.25) is 5.91 Å². The number of nitrogens with one attached hydrogen (secondary N) is 4. The number of para-hydroxylation sites is 1. The lowest BCUT2D eigenvalue weighted by atomic mass is 10.2. The summed E-state index contributed by atoms with van der Waals surface area (Å²) in [5.74, 6) is -0.495. The van der Waals surface area contributed by atoms with E-state index in [4.69, 9.17) is 0 Å². The van der Waals surface area contributed by atoms with Gasteiger partial charge in [-0.3, -0.25) is 14.9 Å². The van der Waals surface area contributed by atoms with Crippen molar-refractivity contribution >= 4 is 51.4 Å². The van der Waals surface area contributed by atoms with Crippen molar-refractivity contribution in [2.75, 3.05) is 21.3 Å². The van der Waals surface area contributed by atoms with E-state index in [2.05, 4.69) is 26.3 Å². The smallest absolute Gasteiger partial charge is 0.323 e. The summed E-state index contributed by atoms with van der Waals surface area (Å²) >= 11 is 1.26. The zero-order valence-corrected chi connectivity index (χ0v) is 18.8. The molecule has 0 spiro atoms. The highest BCUT2D eigenvalue weighted by Crippen LogP contribution is 2.18. The predicted molar refractivity (Wildman–Crippen MR) is 134 cm³/mol. The van der Waals surface area contributed by atoms with E-state index < -0.39 is 0 Å². The first-order valence-corrected chi connectivity index (χ1v) is 11.3. The molecule has 4 aromatic rings. The number of urea groups is 1. The highest BCUT2D eigenvalue weighted by molar-refractivity contribution is 7.14. The van der Waals surface area contributed by atoms with Crippen molar-refractivity contribution < 1.29 is 14.4 Å². The fraction of sp³-hybridized carbons (Fsp3) is 0.0400. The third kappa shape index (κ3) is 6.50. The van der Waals surface area contributed by atoms with Gasteiger partial charge in [-0.1, -0.05) is 36.4 Å². The minimum Gasteiger partial charge on any atom is -0.326 e. The first-order chi connectivity index (χ1) is 16.5. The first kappa shape index (κ1) is 22.7. The third-order valence-corrected chi connectivity index (χ3v) is 5.41. The molecule has 0 saturated heterocycles. The number of benzene rings is 3. The number of amides is 4. The summed E-state index contributed by atoms with van der Waals surface area (Å²) in [4.78, 5) is 41.0. The number of nitrogens with zero attached hydrogens (tertiary/aromatic N) is 1. The topological polar surface area (TPSA) is 112 Å². The Morgan fingerprint density at radius 3 is 1.88 bits per heavy atom. The molecule has 8 nitrogen and oxygen atoms in total. The van der Waals surface area contributed by atoms with Crippen molar-refractivity contribution in [3.8, 4) is 0 Å². The molecular weight excluding hydrogens is 450 g/mol. The molecule has 0 aliphatic heterocycles. The summed E-state index contributed by atoms with van der Waals surface area (Å²) in [6.45, 7) is 0. The van der Waals surface area contributed by atoms with Gasteiger partial charge < -0.3 is 16.0 Å². The Labute approximate surface area is 200 Å². The molecule has 0 radical (unpaired) electrons. The molecule has 0 unspecified atom stereocenters. The molecule has 0 aliphatic rings. The standard InChI is InChI=1S/C25H21N5O3S/c31-22(15-21-16-34-25(29-21)30-23(32)17-7-3-1-4-8-17)26-19-11-13-20(14-12-19)28-24(33)27-18-9-5-2-6-10-18/h1-14,16H,15H2,(H,26,31)(H2,27,28,33)(H,29,30,32). The van der Waals surface area contributed by atoms with Crippen LogP contribution in [0.3, 0.4) is 0 Å². The van der Waals surface area contributed by atoms with Crippen LogP contribution in [-0.4, -0.2) is 22.8 Å². The Morgan fingerprint density at radius 1 is 0.676 bits per heavy atom. The fourth-order valence-corrected chi connectivity index (χ4v) is 3.73. The minimum absolute atomic E-state index is 0.0667. The van der Waals surface area contributed by atoms with Gasteiger partial charge in [-0.25, -0.2) is 9.78 Å². The second-order valence-electron chi connectivity index (χ2n) is 7.21. The van der Waals surface area contributed by atoms with Gasteiger partial charge >= 0.3 is 6.03 Å². The Kier molecular flexibility index (Phi) is 7.26. The molecule has 4 N–H and O–H groups in total. The van der Waals surface area contributed by atoms with E-state index in [-0.39, 0.29) is 24.3 Å². The largest absolute Gasteiger partial charge is 0.326 e. The lowest BCUT2D eigenvalue weighted by molar-refractivity contribution is -0.115. The fourth-order valence-electron chi connectivity index (χ4n) is 3.03. The van der Waals surface area contributed by atoms with E-state index in [0.29, 0.717) is 33.5 Å². The van der Waals surface area contributed by atoms with E-state index >= 15 is 0 Å². The van der Waals surface area contributed by atoms with Crippen LogP contribution >= 0.6 is 11.3 Å². The van der Waals surface area contributed by atoms with Crippen LogP contribution in [-0.2, 0) is 11.2 Å². The van der Waals surface area contributed by atoms with Gasteiger partial charge in [0.25, 0.3) is 5.91 Å². The number of aromatic nitrogens is 1. The minimum atomic E-state index is -0.360. The maximum Gasteiger partial charge on any atom is 0.323 e. The Balaban J connectivity index is 1.25. The molecule has 170 valence electrons. The maximum absolute atomic E-state index is 12.4. The quantitative estimate of drug-likeness (QED) is 0.296. The van der Waals surface area contributed by atoms with Gasteiger partial charge in [-0.15, -0.1) is 11.3 Å². The van der Waals surface area contributed by atoms with Crippen LogP contribution in [0.1, 0.15) is 16.1 Å². The maximum atomic E-state index is 12.4. The summed E-state index contributed by atoms with van der Waals surface area (Å²) in [7, 11) is 0. The van der Waals surface area contributed by atoms with Gasteiger partial charge in [0, 0.05) is 28.0 Å². The van der Waals surface area contributed by atoms with E-state index in [1.807, 2.05) is 24.3 Å². The number of anilines is 4. The van der Waals surface area contributed by atoms with E-state index in [1.54, 1.807) is 66.0 Å². The van der Waals surface area contributed by atoms with Crippen molar-refractivity contribution in [2.45, 2.75) is 6.42 Å². The lowest BCUT2D eigenvalue weighted by Crippen LogP contribution is -2.19. The van der Waals surface area contributed by atoms with Gasteiger partial charge in [0.05, 0.1) is 12.1 Å². The van der Waals surface area contributed by atoms with Crippen LogP contribution in [0.4, 0.5) is 27.0 Å². The molecular formula is C25H21N5O3S. The van der Waals surface area contributed by atoms with Gasteiger partial charge in [-0.2, -0.15) is 0 Å². The molecule has 34 heavy (non-hydrogen) atoms. The predicted octanol–water partition coefficient (Wildman–Crippen LogP) is 5.22. The molecule has 1 aromatic heterocycles. The van der Waals surface area contributed by atoms with E-state index in [0.717, 1.165) is 0 Å². The molecule has 0 bridgehead atoms. The molecule has 0 fully saturated rings. The zero-order chi connectivity index (χ0) is 23.8. The number of carbonyl (C=O) groups is 3. The van der Waals surface area contributed by atoms with Crippen LogP contribution < -0.4 is 21.3 Å². The molecule has 9 heteroatoms. The molecule has 0 saturated carbocycles. The van der Waals surface area contributed by atoms with Crippen molar-refractivity contribution in [3.63, 3.8) is 0 Å². The zero-order valence-electron chi connectivity index (χ0n) is 17.9. The number of rotatable bonds is 7. The highest BCUT2D eigenvalue weighted by Gasteiger charge is 2.11. The number of hydrogen-bond donors (Lipinski definition) is 4. The summed E-state index contributed by atoms with van der Waals surface area (Å²) in [5.41, 5.74) is 2.96. The second kappa shape index (κ2) is 10.9. The number of hydrogen-bond acceptors (Lipinski definition) is 5. The SMILES string of the molecule is O=C(Cc1csc(NC(=O)c2ccccc2)n1)Nc1ccc(NC(=O)Nc2ccccc2)cc1. The summed E-state index contributed by atoms with van der Waals surface area (Å²) < 4.78 is 0. The summed E-state index contributed by atoms with van der Waals surface area (Å²) in [6, 6.07) is 24.4. The lowest BCUT2D eigenvalue weighted by Gasteiger charge is -2.09. The van der Waals surface area contributed by atoms with Crippen LogP contribution in [0.2, 0.25) is 0 Å². The van der Waals surface area contributed by atoms with Crippen LogP contribution in [0.25, 0.3) is 0 Å². The number of carbonyl (C=O) groups excluding carboxylic acids is 3. The third-order valence-electron chi connectivity index (χ3n) is 4.61. The number of thiazole rings is 1. The Bertz CT molecular complexity index is 1270. The van der Waals surface area contributed by atoms with Crippen LogP contribution in [0.15, 0.2) is 90.3 Å². The van der Waals surface area contributed by atoms with Crippen LogP contribution in [0, 0.1) is 0 Å². The Morgan fingerprint density at radius 2 is 1.24 bits per heavy atom. The van der Waals surface area contributed by atoms with Gasteiger partial charge in [0.15, 0.2) is 5.13 Å². The van der Waals surface area contributed by atoms with E-state index in [1.165, 1.54) is 11.3 Å². The molecule has 4 amide bonds. The summed E-state index contributed by atoms with van der Waals surface area (Å²) in [5, 5.41) is 13.2. The van der Waals surface area contributed by atoms with Crippen LogP contribution in [0.5, 0.6) is 0 Å². The monoisotopic (exact) mass is 471 g/mol. The molecule has 0 aliphatic carbocycles. The van der Waals surface area contributed by atoms with Gasteiger partial charge in [-0.05, 0) is 48.5 Å². The average Bonchev–Trinajstić information content (AvgIpc) is 3.28. The van der Waals surface area contributed by atoms with Crippen molar-refractivity contribution in [3.05, 3.63) is 102 Å². The van der Waals surface area contributed by atoms with Crippen molar-refractivity contribution in [1.29, 1.82) is 0 Å². The highest BCUT2D eigenvalue weighted by atomic mass is 32.1. The van der Waals surface area contributed by atoms with Gasteiger partial charge in [0.1, 0.15) is 0 Å². The van der Waals surface area contributed by atoms with E-state index in [9.17, 15) is 14.4 Å². The second-order valence-corrected chi connectivity index (χ2v) is 8.07. The Hall–Kier alpha value is -4.50. The molecule has 4 rings (SSSR count). The first-order valence-electron chi connectivity index (χ1n) is 10.4. The summed E-state index contributed by atoms with van der Waals surface area (Å²) in [6.07, 6.45) is 0.0667. The normalized spacial score (nSPS) is 10.2.